The molecule has 0 unspecified atom stereocenters. The molecule has 2 aliphatic rings. The first kappa shape index (κ1) is 17.1. The minimum absolute atomic E-state index is 0.106. The average molecular weight is 349 g/mol. The lowest BCUT2D eigenvalue weighted by molar-refractivity contribution is 0.0986. The van der Waals surface area contributed by atoms with Gasteiger partial charge in [-0.05, 0) is 56.6 Å². The van der Waals surface area contributed by atoms with E-state index >= 15 is 0 Å². The Morgan fingerprint density at radius 2 is 1.54 bits per heavy atom. The molecule has 4 rings (SSSR count). The van der Waals surface area contributed by atoms with Crippen LogP contribution in [-0.2, 0) is 0 Å². The number of anilines is 2. The van der Waals surface area contributed by atoms with Gasteiger partial charge in [0.2, 0.25) is 0 Å². The van der Waals surface area contributed by atoms with Crippen molar-refractivity contribution >= 4 is 17.3 Å². The van der Waals surface area contributed by atoms with Gasteiger partial charge in [-0.1, -0.05) is 30.3 Å². The third kappa shape index (κ3) is 3.34. The first-order valence-electron chi connectivity index (χ1n) is 9.68. The molecule has 0 atom stereocenters. The summed E-state index contributed by atoms with van der Waals surface area (Å²) in [4.78, 5) is 20.1. The molecular formula is C22H27N3O. The van der Waals surface area contributed by atoms with Gasteiger partial charge in [-0.3, -0.25) is 4.79 Å². The summed E-state index contributed by atoms with van der Waals surface area (Å²) in [5.41, 5.74) is 4.05. The highest BCUT2D eigenvalue weighted by atomic mass is 16.2. The standard InChI is InChI=1S/C22H27N3O/c1-18-8-2-3-9-19(18)22(26)25-17-16-24(15-14-23-12-6-7-13-23)20-10-4-5-11-21(20)25/h2-5,8-11H,6-7,12-17H2,1H3. The van der Waals surface area contributed by atoms with E-state index in [1.807, 2.05) is 42.2 Å². The first-order chi connectivity index (χ1) is 12.7. The fraction of sp³-hybridized carbons (Fsp3) is 0.409. The Labute approximate surface area is 156 Å². The molecule has 0 N–H and O–H groups in total. The Morgan fingerprint density at radius 3 is 2.31 bits per heavy atom. The zero-order valence-corrected chi connectivity index (χ0v) is 15.5. The molecule has 1 fully saturated rings. The topological polar surface area (TPSA) is 26.8 Å². The van der Waals surface area contributed by atoms with Crippen LogP contribution in [0.15, 0.2) is 48.5 Å². The van der Waals surface area contributed by atoms with E-state index in [9.17, 15) is 4.79 Å². The van der Waals surface area contributed by atoms with Crippen LogP contribution in [0, 0.1) is 6.92 Å². The van der Waals surface area contributed by atoms with Crippen molar-refractivity contribution in [2.45, 2.75) is 19.8 Å². The summed E-state index contributed by atoms with van der Waals surface area (Å²) in [6.07, 6.45) is 2.66. The summed E-state index contributed by atoms with van der Waals surface area (Å²) in [6, 6.07) is 16.2. The summed E-state index contributed by atoms with van der Waals surface area (Å²) in [5.74, 6) is 0.106. The van der Waals surface area contributed by atoms with Crippen LogP contribution in [0.1, 0.15) is 28.8 Å². The van der Waals surface area contributed by atoms with Crippen LogP contribution in [0.4, 0.5) is 11.4 Å². The number of carbonyl (C=O) groups is 1. The highest BCUT2D eigenvalue weighted by Crippen LogP contribution is 2.34. The summed E-state index contributed by atoms with van der Waals surface area (Å²) in [7, 11) is 0. The lowest BCUT2D eigenvalue weighted by Gasteiger charge is -2.38. The number of hydrogen-bond acceptors (Lipinski definition) is 3. The number of hydrogen-bond donors (Lipinski definition) is 0. The van der Waals surface area contributed by atoms with E-state index in [-0.39, 0.29) is 5.91 Å². The highest BCUT2D eigenvalue weighted by Gasteiger charge is 2.28. The summed E-state index contributed by atoms with van der Waals surface area (Å²) >= 11 is 0. The summed E-state index contributed by atoms with van der Waals surface area (Å²) in [5, 5.41) is 0. The number of para-hydroxylation sites is 2. The van der Waals surface area contributed by atoms with Crippen molar-refractivity contribution < 1.29 is 4.79 Å². The van der Waals surface area contributed by atoms with E-state index in [1.165, 1.54) is 31.6 Å². The number of carbonyl (C=O) groups excluding carboxylic acids is 1. The van der Waals surface area contributed by atoms with Crippen LogP contribution in [0.25, 0.3) is 0 Å². The molecule has 136 valence electrons. The smallest absolute Gasteiger partial charge is 0.258 e. The SMILES string of the molecule is Cc1ccccc1C(=O)N1CCN(CCN2CCCC2)c2ccccc21. The molecule has 2 aliphatic heterocycles. The lowest BCUT2D eigenvalue weighted by Crippen LogP contribution is -2.46. The number of benzene rings is 2. The Kier molecular flexibility index (Phi) is 4.93. The summed E-state index contributed by atoms with van der Waals surface area (Å²) in [6.45, 7) is 8.24. The number of fused-ring (bicyclic) bond motifs is 1. The van der Waals surface area contributed by atoms with Crippen molar-refractivity contribution in [1.82, 2.24) is 4.90 Å². The molecule has 2 heterocycles. The van der Waals surface area contributed by atoms with Gasteiger partial charge < -0.3 is 14.7 Å². The molecule has 1 amide bonds. The molecule has 0 radical (unpaired) electrons. The largest absolute Gasteiger partial charge is 0.367 e. The molecule has 1 saturated heterocycles. The molecular weight excluding hydrogens is 322 g/mol. The Bertz CT molecular complexity index is 782. The van der Waals surface area contributed by atoms with Gasteiger partial charge in [-0.25, -0.2) is 0 Å². The normalized spacial score (nSPS) is 17.4. The second-order valence-corrected chi connectivity index (χ2v) is 7.30. The second kappa shape index (κ2) is 7.50. The van der Waals surface area contributed by atoms with Crippen molar-refractivity contribution in [3.63, 3.8) is 0 Å². The lowest BCUT2D eigenvalue weighted by atomic mass is 10.1. The first-order valence-corrected chi connectivity index (χ1v) is 9.68. The van der Waals surface area contributed by atoms with Crippen molar-refractivity contribution in [2.75, 3.05) is 49.1 Å². The van der Waals surface area contributed by atoms with Crippen LogP contribution >= 0.6 is 0 Å². The van der Waals surface area contributed by atoms with Crippen LogP contribution in [0.5, 0.6) is 0 Å². The average Bonchev–Trinajstić information content (AvgIpc) is 3.19. The van der Waals surface area contributed by atoms with Crippen molar-refractivity contribution in [2.24, 2.45) is 0 Å². The molecule has 4 nitrogen and oxygen atoms in total. The molecule has 0 spiro atoms. The Balaban J connectivity index is 1.55. The van der Waals surface area contributed by atoms with Gasteiger partial charge >= 0.3 is 0 Å². The molecule has 4 heteroatoms. The van der Waals surface area contributed by atoms with Gasteiger partial charge in [-0.15, -0.1) is 0 Å². The monoisotopic (exact) mass is 349 g/mol. The molecule has 0 saturated carbocycles. The van der Waals surface area contributed by atoms with Crippen molar-refractivity contribution in [3.8, 4) is 0 Å². The van der Waals surface area contributed by atoms with Gasteiger partial charge in [0.05, 0.1) is 11.4 Å². The van der Waals surface area contributed by atoms with E-state index in [4.69, 9.17) is 0 Å². The van der Waals surface area contributed by atoms with E-state index in [2.05, 4.69) is 28.0 Å². The quantitative estimate of drug-likeness (QED) is 0.844. The fourth-order valence-electron chi connectivity index (χ4n) is 4.09. The van der Waals surface area contributed by atoms with Gasteiger partial charge in [-0.2, -0.15) is 0 Å². The van der Waals surface area contributed by atoms with Gasteiger partial charge in [0.15, 0.2) is 0 Å². The number of amides is 1. The minimum Gasteiger partial charge on any atom is -0.367 e. The zero-order valence-electron chi connectivity index (χ0n) is 15.5. The molecule has 0 aromatic heterocycles. The molecule has 0 bridgehead atoms. The number of likely N-dealkylation sites (tertiary alicyclic amines) is 1. The molecule has 0 aliphatic carbocycles. The maximum Gasteiger partial charge on any atom is 0.258 e. The van der Waals surface area contributed by atoms with Gasteiger partial charge in [0.25, 0.3) is 5.91 Å². The maximum atomic E-state index is 13.2. The third-order valence-electron chi connectivity index (χ3n) is 5.61. The fourth-order valence-corrected chi connectivity index (χ4v) is 4.09. The van der Waals surface area contributed by atoms with Crippen LogP contribution < -0.4 is 9.80 Å². The molecule has 2 aromatic carbocycles. The van der Waals surface area contributed by atoms with Crippen LogP contribution in [0.2, 0.25) is 0 Å². The van der Waals surface area contributed by atoms with E-state index in [0.29, 0.717) is 0 Å². The van der Waals surface area contributed by atoms with Gasteiger partial charge in [0.1, 0.15) is 0 Å². The third-order valence-corrected chi connectivity index (χ3v) is 5.61. The zero-order chi connectivity index (χ0) is 17.9. The maximum absolute atomic E-state index is 13.2. The Hall–Kier alpha value is -2.33. The van der Waals surface area contributed by atoms with Crippen LogP contribution in [0.3, 0.4) is 0 Å². The summed E-state index contributed by atoms with van der Waals surface area (Å²) < 4.78 is 0. The van der Waals surface area contributed by atoms with Crippen LogP contribution in [-0.4, -0.2) is 50.1 Å². The minimum atomic E-state index is 0.106. The molecule has 26 heavy (non-hydrogen) atoms. The van der Waals surface area contributed by atoms with Gasteiger partial charge in [0, 0.05) is 31.7 Å². The Morgan fingerprint density at radius 1 is 0.846 bits per heavy atom. The van der Waals surface area contributed by atoms with Crippen molar-refractivity contribution in [1.29, 1.82) is 0 Å². The number of aryl methyl sites for hydroxylation is 1. The second-order valence-electron chi connectivity index (χ2n) is 7.30. The number of rotatable bonds is 4. The number of nitrogens with zero attached hydrogens (tertiary/aromatic N) is 3. The predicted octanol–water partition coefficient (Wildman–Crippen LogP) is 3.56. The molecule has 2 aromatic rings. The van der Waals surface area contributed by atoms with Crippen molar-refractivity contribution in [3.05, 3.63) is 59.7 Å². The van der Waals surface area contributed by atoms with E-state index < -0.39 is 0 Å². The predicted molar refractivity (Wildman–Crippen MR) is 107 cm³/mol. The van der Waals surface area contributed by atoms with E-state index in [1.54, 1.807) is 0 Å². The highest BCUT2D eigenvalue weighted by molar-refractivity contribution is 6.09. The van der Waals surface area contributed by atoms with E-state index in [0.717, 1.165) is 43.0 Å².